The number of imide groups is 1. The average molecular weight is 352 g/mol. The van der Waals surface area contributed by atoms with E-state index in [4.69, 9.17) is 0 Å². The van der Waals surface area contributed by atoms with E-state index in [0.29, 0.717) is 17.4 Å². The maximum atomic E-state index is 13.2. The second-order valence-electron chi connectivity index (χ2n) is 8.40. The lowest BCUT2D eigenvalue weighted by Gasteiger charge is -2.32. The van der Waals surface area contributed by atoms with Gasteiger partial charge in [-0.3, -0.25) is 14.5 Å². The number of hydrogen-bond acceptors (Lipinski definition) is 3. The second-order valence-corrected chi connectivity index (χ2v) is 8.40. The van der Waals surface area contributed by atoms with Crippen molar-refractivity contribution < 1.29 is 14.4 Å². The van der Waals surface area contributed by atoms with E-state index < -0.39 is 11.6 Å². The Labute approximate surface area is 153 Å². The summed E-state index contributed by atoms with van der Waals surface area (Å²) >= 11 is 0. The summed E-state index contributed by atoms with van der Waals surface area (Å²) in [6, 6.07) is 8.38. The minimum absolute atomic E-state index is 0.185. The van der Waals surface area contributed by atoms with Gasteiger partial charge < -0.3 is 4.90 Å². The van der Waals surface area contributed by atoms with Crippen molar-refractivity contribution in [1.29, 1.82) is 0 Å². The molecule has 5 heteroatoms. The van der Waals surface area contributed by atoms with Crippen LogP contribution in [0.2, 0.25) is 0 Å². The van der Waals surface area contributed by atoms with Crippen molar-refractivity contribution in [3.63, 3.8) is 0 Å². The van der Waals surface area contributed by atoms with Crippen LogP contribution in [0.5, 0.6) is 0 Å². The van der Waals surface area contributed by atoms with Gasteiger partial charge in [-0.2, -0.15) is 0 Å². The topological polar surface area (TPSA) is 57.7 Å². The van der Waals surface area contributed by atoms with Crippen molar-refractivity contribution in [1.82, 2.24) is 9.80 Å². The van der Waals surface area contributed by atoms with Crippen LogP contribution in [0.3, 0.4) is 0 Å². The third-order valence-corrected chi connectivity index (χ3v) is 6.79. The standard InChI is InChI=1S/C21H24N2O3/c1-20(2)14-10-11-15(17(14)20)21(3)18(25)23(19(26)22(21)4)12-16(24)13-8-6-5-7-9-13/h5-9,11,14,17H,10,12H2,1-4H3/t14?,17-,21?/m0/s1. The normalized spacial score (nSPS) is 31.9. The van der Waals surface area contributed by atoms with Crippen LogP contribution in [-0.4, -0.2) is 46.7 Å². The number of hydrogen-bond donors (Lipinski definition) is 0. The molecule has 2 unspecified atom stereocenters. The molecule has 1 aromatic carbocycles. The molecule has 4 rings (SSSR count). The number of rotatable bonds is 4. The van der Waals surface area contributed by atoms with Gasteiger partial charge in [0.2, 0.25) is 0 Å². The molecule has 26 heavy (non-hydrogen) atoms. The number of ketones is 1. The van der Waals surface area contributed by atoms with Crippen LogP contribution >= 0.6 is 0 Å². The lowest BCUT2D eigenvalue weighted by molar-refractivity contribution is -0.130. The van der Waals surface area contributed by atoms with Gasteiger partial charge in [0.15, 0.2) is 5.78 Å². The fraction of sp³-hybridized carbons (Fsp3) is 0.476. The molecular formula is C21H24N2O3. The summed E-state index contributed by atoms with van der Waals surface area (Å²) in [5, 5.41) is 0. The molecule has 3 aliphatic rings. The number of urea groups is 1. The lowest BCUT2D eigenvalue weighted by atomic mass is 9.84. The molecule has 0 spiro atoms. The van der Waals surface area contributed by atoms with Gasteiger partial charge >= 0.3 is 6.03 Å². The van der Waals surface area contributed by atoms with Gasteiger partial charge in [0.1, 0.15) is 5.54 Å². The Kier molecular flexibility index (Phi) is 3.46. The minimum atomic E-state index is -0.985. The SMILES string of the molecule is CN1C(=O)N(CC(=O)c2ccccc2)C(=O)C1(C)C1=CCC2[C@@H]1C2(C)C. The summed E-state index contributed by atoms with van der Waals surface area (Å²) in [5.41, 5.74) is 0.752. The summed E-state index contributed by atoms with van der Waals surface area (Å²) < 4.78 is 0. The van der Waals surface area contributed by atoms with Crippen LogP contribution in [0.25, 0.3) is 0 Å². The van der Waals surface area contributed by atoms with Gasteiger partial charge in [0.05, 0.1) is 6.54 Å². The predicted molar refractivity (Wildman–Crippen MR) is 97.5 cm³/mol. The van der Waals surface area contributed by atoms with E-state index in [9.17, 15) is 14.4 Å². The van der Waals surface area contributed by atoms with E-state index in [2.05, 4.69) is 19.9 Å². The first-order chi connectivity index (χ1) is 12.2. The zero-order valence-corrected chi connectivity index (χ0v) is 15.7. The van der Waals surface area contributed by atoms with Crippen LogP contribution in [0.15, 0.2) is 42.0 Å². The third kappa shape index (κ3) is 2.06. The fourth-order valence-corrected chi connectivity index (χ4v) is 4.86. The van der Waals surface area contributed by atoms with Crippen LogP contribution in [0.4, 0.5) is 4.79 Å². The molecule has 2 fully saturated rings. The summed E-state index contributed by atoms with van der Waals surface area (Å²) in [6.45, 7) is 6.04. The van der Waals surface area contributed by atoms with Gasteiger partial charge in [0, 0.05) is 12.6 Å². The molecule has 5 nitrogen and oxygen atoms in total. The number of likely N-dealkylation sites (N-methyl/N-ethyl adjacent to an activating group) is 1. The van der Waals surface area contributed by atoms with Crippen molar-refractivity contribution in [3.05, 3.63) is 47.5 Å². The summed E-state index contributed by atoms with van der Waals surface area (Å²) in [4.78, 5) is 41.2. The minimum Gasteiger partial charge on any atom is -0.309 e. The van der Waals surface area contributed by atoms with Crippen LogP contribution in [0, 0.1) is 17.3 Å². The maximum Gasteiger partial charge on any atom is 0.328 e. The fourth-order valence-electron chi connectivity index (χ4n) is 4.86. The summed E-state index contributed by atoms with van der Waals surface area (Å²) in [6.07, 6.45) is 3.09. The Balaban J connectivity index is 1.61. The van der Waals surface area contributed by atoms with Crippen molar-refractivity contribution in [2.45, 2.75) is 32.7 Å². The highest BCUT2D eigenvalue weighted by Gasteiger charge is 2.68. The number of benzene rings is 1. The number of amides is 3. The number of carbonyl (C=O) groups is 3. The molecule has 0 aromatic heterocycles. The van der Waals surface area contributed by atoms with Crippen molar-refractivity contribution >= 4 is 17.7 Å². The zero-order valence-electron chi connectivity index (χ0n) is 15.7. The first-order valence-corrected chi connectivity index (χ1v) is 9.09. The number of nitrogens with zero attached hydrogens (tertiary/aromatic N) is 2. The molecule has 1 saturated carbocycles. The first-order valence-electron chi connectivity index (χ1n) is 9.09. The van der Waals surface area contributed by atoms with E-state index in [-0.39, 0.29) is 23.7 Å². The molecular weight excluding hydrogens is 328 g/mol. The Morgan fingerprint density at radius 2 is 1.81 bits per heavy atom. The maximum absolute atomic E-state index is 13.2. The Hall–Kier alpha value is -2.43. The highest BCUT2D eigenvalue weighted by atomic mass is 16.2. The molecule has 136 valence electrons. The van der Waals surface area contributed by atoms with E-state index in [1.54, 1.807) is 31.3 Å². The highest BCUT2D eigenvalue weighted by Crippen LogP contribution is 2.69. The molecule has 0 radical (unpaired) electrons. The number of fused-ring (bicyclic) bond motifs is 1. The molecule has 1 aliphatic heterocycles. The van der Waals surface area contributed by atoms with Gasteiger partial charge in [-0.25, -0.2) is 4.79 Å². The largest absolute Gasteiger partial charge is 0.328 e. The Bertz CT molecular complexity index is 842. The zero-order chi connectivity index (χ0) is 18.9. The molecule has 1 heterocycles. The van der Waals surface area contributed by atoms with Gasteiger partial charge in [-0.1, -0.05) is 50.3 Å². The van der Waals surface area contributed by atoms with E-state index in [0.717, 1.165) is 16.9 Å². The first kappa shape index (κ1) is 17.0. The van der Waals surface area contributed by atoms with Gasteiger partial charge in [0.25, 0.3) is 5.91 Å². The molecule has 0 bridgehead atoms. The lowest BCUT2D eigenvalue weighted by Crippen LogP contribution is -2.47. The van der Waals surface area contributed by atoms with Crippen LogP contribution < -0.4 is 0 Å². The van der Waals surface area contributed by atoms with Crippen molar-refractivity contribution in [2.24, 2.45) is 17.3 Å². The number of carbonyl (C=O) groups excluding carboxylic acids is 3. The van der Waals surface area contributed by atoms with Crippen molar-refractivity contribution in [3.8, 4) is 0 Å². The van der Waals surface area contributed by atoms with Crippen LogP contribution in [0.1, 0.15) is 37.6 Å². The van der Waals surface area contributed by atoms with E-state index in [1.807, 2.05) is 13.0 Å². The van der Waals surface area contributed by atoms with Gasteiger partial charge in [-0.05, 0) is 36.2 Å². The number of allylic oxidation sites excluding steroid dienone is 1. The third-order valence-electron chi connectivity index (χ3n) is 6.79. The average Bonchev–Trinajstić information content (AvgIpc) is 2.94. The monoisotopic (exact) mass is 352 g/mol. The van der Waals surface area contributed by atoms with Gasteiger partial charge in [-0.15, -0.1) is 0 Å². The molecule has 2 aliphatic carbocycles. The molecule has 1 saturated heterocycles. The highest BCUT2D eigenvalue weighted by molar-refractivity contribution is 6.12. The molecule has 3 amide bonds. The smallest absolute Gasteiger partial charge is 0.309 e. The molecule has 0 N–H and O–H groups in total. The second kappa shape index (κ2) is 5.29. The molecule has 1 aromatic rings. The number of Topliss-reactive ketones (excluding diaryl/α,β-unsaturated/α-hetero) is 1. The Morgan fingerprint density at radius 1 is 1.15 bits per heavy atom. The predicted octanol–water partition coefficient (Wildman–Crippen LogP) is 3.12. The summed E-state index contributed by atoms with van der Waals surface area (Å²) in [7, 11) is 1.66. The summed E-state index contributed by atoms with van der Waals surface area (Å²) in [5.74, 6) is 0.390. The van der Waals surface area contributed by atoms with E-state index in [1.165, 1.54) is 4.90 Å². The van der Waals surface area contributed by atoms with Crippen molar-refractivity contribution in [2.75, 3.05) is 13.6 Å². The van der Waals surface area contributed by atoms with E-state index >= 15 is 0 Å². The van der Waals surface area contributed by atoms with Crippen LogP contribution in [-0.2, 0) is 4.79 Å². The quantitative estimate of drug-likeness (QED) is 0.475. The Morgan fingerprint density at radius 3 is 2.38 bits per heavy atom. The molecule has 3 atom stereocenters.